The lowest BCUT2D eigenvalue weighted by atomic mass is 9.99. The van der Waals surface area contributed by atoms with Crippen LogP contribution in [0.1, 0.15) is 69.3 Å². The zero-order valence-corrected chi connectivity index (χ0v) is 15.8. The average Bonchev–Trinajstić information content (AvgIpc) is 2.54. The maximum absolute atomic E-state index is 12.1. The Morgan fingerprint density at radius 1 is 1.08 bits per heavy atom. The molecule has 0 spiro atoms. The third-order valence-electron chi connectivity index (χ3n) is 3.49. The first-order chi connectivity index (χ1) is 12.1. The fourth-order valence-corrected chi connectivity index (χ4v) is 2.36. The predicted molar refractivity (Wildman–Crippen MR) is 95.4 cm³/mol. The SMILES string of the molecule is CCCOC(=O)c1cc(O)c(O)c(O)c1CCCCC(=O)OC(C)(C)C. The molecule has 0 aliphatic carbocycles. The van der Waals surface area contributed by atoms with E-state index in [4.69, 9.17) is 9.47 Å². The molecule has 0 unspecified atom stereocenters. The van der Waals surface area contributed by atoms with Gasteiger partial charge in [-0.3, -0.25) is 4.79 Å². The molecule has 0 atom stereocenters. The molecule has 7 nitrogen and oxygen atoms in total. The number of unbranched alkanes of at least 4 members (excludes halogenated alkanes) is 1. The van der Waals surface area contributed by atoms with Crippen LogP contribution in [0.25, 0.3) is 0 Å². The molecular formula is C19H28O7. The second-order valence-corrected chi connectivity index (χ2v) is 7.05. The zero-order chi connectivity index (χ0) is 19.9. The van der Waals surface area contributed by atoms with E-state index in [9.17, 15) is 24.9 Å². The van der Waals surface area contributed by atoms with Crippen molar-refractivity contribution in [1.82, 2.24) is 0 Å². The summed E-state index contributed by atoms with van der Waals surface area (Å²) in [6.07, 6.45) is 2.04. The van der Waals surface area contributed by atoms with Crippen molar-refractivity contribution in [2.75, 3.05) is 6.61 Å². The Morgan fingerprint density at radius 2 is 1.73 bits per heavy atom. The number of hydrogen-bond donors (Lipinski definition) is 3. The predicted octanol–water partition coefficient (Wildman–Crippen LogP) is 3.42. The van der Waals surface area contributed by atoms with E-state index in [2.05, 4.69) is 0 Å². The molecule has 0 aliphatic heterocycles. The van der Waals surface area contributed by atoms with E-state index >= 15 is 0 Å². The van der Waals surface area contributed by atoms with Crippen LogP contribution in [0.4, 0.5) is 0 Å². The van der Waals surface area contributed by atoms with E-state index in [0.29, 0.717) is 19.3 Å². The highest BCUT2D eigenvalue weighted by Gasteiger charge is 2.22. The summed E-state index contributed by atoms with van der Waals surface area (Å²) < 4.78 is 10.3. The van der Waals surface area contributed by atoms with Gasteiger partial charge >= 0.3 is 11.9 Å². The van der Waals surface area contributed by atoms with Crippen molar-refractivity contribution in [3.63, 3.8) is 0 Å². The first-order valence-corrected chi connectivity index (χ1v) is 8.72. The minimum atomic E-state index is -0.681. The highest BCUT2D eigenvalue weighted by Crippen LogP contribution is 2.40. The van der Waals surface area contributed by atoms with Crippen LogP contribution in [0.2, 0.25) is 0 Å². The lowest BCUT2D eigenvalue weighted by molar-refractivity contribution is -0.154. The van der Waals surface area contributed by atoms with Crippen molar-refractivity contribution in [3.8, 4) is 17.2 Å². The number of hydrogen-bond acceptors (Lipinski definition) is 7. The van der Waals surface area contributed by atoms with Gasteiger partial charge in [-0.1, -0.05) is 6.92 Å². The van der Waals surface area contributed by atoms with Crippen LogP contribution >= 0.6 is 0 Å². The van der Waals surface area contributed by atoms with Crippen LogP contribution in [0.15, 0.2) is 6.07 Å². The number of phenolic OH excluding ortho intramolecular Hbond substituents is 3. The Kier molecular flexibility index (Phi) is 7.74. The molecule has 0 radical (unpaired) electrons. The summed E-state index contributed by atoms with van der Waals surface area (Å²) in [7, 11) is 0. The van der Waals surface area contributed by atoms with Gasteiger partial charge in [0.2, 0.25) is 5.75 Å². The monoisotopic (exact) mass is 368 g/mol. The summed E-state index contributed by atoms with van der Waals surface area (Å²) in [5, 5.41) is 29.5. The Morgan fingerprint density at radius 3 is 2.31 bits per heavy atom. The first-order valence-electron chi connectivity index (χ1n) is 8.72. The van der Waals surface area contributed by atoms with Gasteiger partial charge < -0.3 is 24.8 Å². The van der Waals surface area contributed by atoms with E-state index in [1.54, 1.807) is 20.8 Å². The standard InChI is InChI=1S/C19H28O7/c1-5-10-25-18(24)13-11-14(20)17(23)16(22)12(13)8-6-7-9-15(21)26-19(2,3)4/h11,20,22-23H,5-10H2,1-4H3. The third-order valence-corrected chi connectivity index (χ3v) is 3.49. The number of carbonyl (C=O) groups is 2. The van der Waals surface area contributed by atoms with Crippen LogP contribution in [-0.4, -0.2) is 39.5 Å². The van der Waals surface area contributed by atoms with Crippen molar-refractivity contribution in [1.29, 1.82) is 0 Å². The van der Waals surface area contributed by atoms with Crippen LogP contribution in [0, 0.1) is 0 Å². The maximum atomic E-state index is 12.1. The lowest BCUT2D eigenvalue weighted by Gasteiger charge is -2.19. The molecule has 7 heteroatoms. The highest BCUT2D eigenvalue weighted by molar-refractivity contribution is 5.93. The van der Waals surface area contributed by atoms with Gasteiger partial charge in [0.1, 0.15) is 5.60 Å². The molecule has 0 saturated heterocycles. The van der Waals surface area contributed by atoms with Gasteiger partial charge in [0.15, 0.2) is 11.5 Å². The van der Waals surface area contributed by atoms with Crippen LogP contribution in [-0.2, 0) is 20.7 Å². The summed E-state index contributed by atoms with van der Waals surface area (Å²) in [5.74, 6) is -2.83. The van der Waals surface area contributed by atoms with Crippen LogP contribution in [0.5, 0.6) is 17.2 Å². The average molecular weight is 368 g/mol. The van der Waals surface area contributed by atoms with Gasteiger partial charge in [-0.25, -0.2) is 4.79 Å². The number of aromatic hydroxyl groups is 3. The molecule has 3 N–H and O–H groups in total. The van der Waals surface area contributed by atoms with Gasteiger partial charge in [-0.2, -0.15) is 0 Å². The minimum Gasteiger partial charge on any atom is -0.504 e. The third kappa shape index (κ3) is 6.46. The Hall–Kier alpha value is -2.44. The molecular weight excluding hydrogens is 340 g/mol. The molecule has 0 amide bonds. The van der Waals surface area contributed by atoms with Crippen molar-refractivity contribution in [2.24, 2.45) is 0 Å². The molecule has 146 valence electrons. The maximum Gasteiger partial charge on any atom is 0.338 e. The van der Waals surface area contributed by atoms with Crippen molar-refractivity contribution < 1.29 is 34.4 Å². The Labute approximate surface area is 153 Å². The number of ether oxygens (including phenoxy) is 2. The second-order valence-electron chi connectivity index (χ2n) is 7.05. The van der Waals surface area contributed by atoms with E-state index in [0.717, 1.165) is 6.07 Å². The van der Waals surface area contributed by atoms with E-state index in [1.807, 2.05) is 6.92 Å². The fourth-order valence-electron chi connectivity index (χ4n) is 2.36. The molecule has 0 heterocycles. The highest BCUT2D eigenvalue weighted by atomic mass is 16.6. The van der Waals surface area contributed by atoms with E-state index in [-0.39, 0.29) is 36.5 Å². The van der Waals surface area contributed by atoms with Gasteiger partial charge in [-0.05, 0) is 52.5 Å². The molecule has 1 aromatic rings. The van der Waals surface area contributed by atoms with E-state index in [1.165, 1.54) is 0 Å². The number of phenols is 3. The molecule has 0 aromatic heterocycles. The van der Waals surface area contributed by atoms with Crippen LogP contribution in [0.3, 0.4) is 0 Å². The van der Waals surface area contributed by atoms with Crippen LogP contribution < -0.4 is 0 Å². The molecule has 0 fully saturated rings. The Bertz CT molecular complexity index is 644. The summed E-state index contributed by atoms with van der Waals surface area (Å²) >= 11 is 0. The summed E-state index contributed by atoms with van der Waals surface area (Å²) in [4.78, 5) is 23.8. The molecule has 1 aromatic carbocycles. The van der Waals surface area contributed by atoms with Gasteiger partial charge in [0, 0.05) is 12.0 Å². The number of carbonyl (C=O) groups excluding carboxylic acids is 2. The molecule has 1 rings (SSSR count). The number of esters is 2. The second kappa shape index (κ2) is 9.31. The minimum absolute atomic E-state index is 0.00326. The quantitative estimate of drug-likeness (QED) is 0.366. The Balaban J connectivity index is 2.80. The molecule has 0 saturated carbocycles. The number of rotatable bonds is 8. The number of benzene rings is 1. The summed E-state index contributed by atoms with van der Waals surface area (Å²) in [6, 6.07) is 1.08. The van der Waals surface area contributed by atoms with Gasteiger partial charge in [0.05, 0.1) is 12.2 Å². The largest absolute Gasteiger partial charge is 0.504 e. The van der Waals surface area contributed by atoms with Gasteiger partial charge in [-0.15, -0.1) is 0 Å². The van der Waals surface area contributed by atoms with Crippen molar-refractivity contribution in [2.45, 2.75) is 65.4 Å². The molecule has 0 aliphatic rings. The summed E-state index contributed by atoms with van der Waals surface area (Å²) in [5.41, 5.74) is -0.358. The smallest absolute Gasteiger partial charge is 0.338 e. The zero-order valence-electron chi connectivity index (χ0n) is 15.8. The fraction of sp³-hybridized carbons (Fsp3) is 0.579. The summed E-state index contributed by atoms with van der Waals surface area (Å²) in [6.45, 7) is 7.42. The molecule has 26 heavy (non-hydrogen) atoms. The molecule has 0 bridgehead atoms. The lowest BCUT2D eigenvalue weighted by Crippen LogP contribution is -2.23. The van der Waals surface area contributed by atoms with Crippen molar-refractivity contribution in [3.05, 3.63) is 17.2 Å². The van der Waals surface area contributed by atoms with E-state index < -0.39 is 28.8 Å². The van der Waals surface area contributed by atoms with Gasteiger partial charge in [0.25, 0.3) is 0 Å². The topological polar surface area (TPSA) is 113 Å². The normalized spacial score (nSPS) is 11.2. The first kappa shape index (κ1) is 21.6. The van der Waals surface area contributed by atoms with Crippen molar-refractivity contribution >= 4 is 11.9 Å².